The van der Waals surface area contributed by atoms with E-state index < -0.39 is 11.6 Å². The molecule has 0 amide bonds. The summed E-state index contributed by atoms with van der Waals surface area (Å²) >= 11 is 0. The van der Waals surface area contributed by atoms with E-state index in [-0.39, 0.29) is 23.9 Å². The van der Waals surface area contributed by atoms with E-state index in [1.54, 1.807) is 35.2 Å². The highest BCUT2D eigenvalue weighted by Crippen LogP contribution is 2.39. The molecule has 35 heavy (non-hydrogen) atoms. The number of rotatable bonds is 6. The Bertz CT molecular complexity index is 1320. The SMILES string of the molecule is COCc1cc(F)c(-c2ccc3cnc(Nc4cnccc4[C@@H]4C[C@H](C)C[C@H](N)C4)n3n2)c(F)c1. The third-order valence-electron chi connectivity index (χ3n) is 6.57. The first-order valence-electron chi connectivity index (χ1n) is 11.7. The van der Waals surface area contributed by atoms with Gasteiger partial charge in [0.2, 0.25) is 5.95 Å². The molecule has 0 radical (unpaired) electrons. The Hall–Kier alpha value is -3.43. The Kier molecular flexibility index (Phi) is 6.44. The predicted molar refractivity (Wildman–Crippen MR) is 130 cm³/mol. The maximum atomic E-state index is 14.8. The third-order valence-corrected chi connectivity index (χ3v) is 6.57. The highest BCUT2D eigenvalue weighted by Gasteiger charge is 2.27. The van der Waals surface area contributed by atoms with Gasteiger partial charge in [-0.2, -0.15) is 9.61 Å². The lowest BCUT2D eigenvalue weighted by Crippen LogP contribution is -2.31. The van der Waals surface area contributed by atoms with E-state index in [1.165, 1.54) is 19.2 Å². The van der Waals surface area contributed by atoms with E-state index in [9.17, 15) is 8.78 Å². The summed E-state index contributed by atoms with van der Waals surface area (Å²) in [6.07, 6.45) is 8.19. The molecular weight excluding hydrogens is 450 g/mol. The van der Waals surface area contributed by atoms with Gasteiger partial charge in [0.1, 0.15) is 11.6 Å². The van der Waals surface area contributed by atoms with E-state index >= 15 is 0 Å². The molecule has 7 nitrogen and oxygen atoms in total. The molecular formula is C26H28F2N6O. The molecule has 1 fully saturated rings. The number of fused-ring (bicyclic) bond motifs is 1. The molecule has 0 saturated heterocycles. The largest absolute Gasteiger partial charge is 0.380 e. The summed E-state index contributed by atoms with van der Waals surface area (Å²) < 4.78 is 36.2. The molecule has 1 aromatic carbocycles. The van der Waals surface area contributed by atoms with Crippen molar-refractivity contribution in [3.63, 3.8) is 0 Å². The fourth-order valence-corrected chi connectivity index (χ4v) is 5.12. The zero-order valence-corrected chi connectivity index (χ0v) is 19.7. The van der Waals surface area contributed by atoms with Crippen molar-refractivity contribution in [3.05, 3.63) is 71.7 Å². The molecule has 0 spiro atoms. The van der Waals surface area contributed by atoms with Crippen LogP contribution in [0, 0.1) is 17.6 Å². The molecule has 3 aromatic heterocycles. The molecule has 0 unspecified atom stereocenters. The van der Waals surface area contributed by atoms with Gasteiger partial charge in [-0.1, -0.05) is 6.92 Å². The number of nitrogens with one attached hydrogen (secondary N) is 1. The van der Waals surface area contributed by atoms with Crippen LogP contribution in [0.2, 0.25) is 0 Å². The predicted octanol–water partition coefficient (Wildman–Crippen LogP) is 5.19. The molecule has 3 atom stereocenters. The van der Waals surface area contributed by atoms with Gasteiger partial charge in [-0.05, 0) is 72.6 Å². The quantitative estimate of drug-likeness (QED) is 0.396. The molecule has 3 N–H and O–H groups in total. The number of anilines is 2. The Balaban J connectivity index is 1.50. The van der Waals surface area contributed by atoms with Gasteiger partial charge in [-0.25, -0.2) is 13.8 Å². The van der Waals surface area contributed by atoms with Gasteiger partial charge in [-0.15, -0.1) is 0 Å². The molecule has 3 heterocycles. The van der Waals surface area contributed by atoms with E-state index in [1.807, 2.05) is 6.07 Å². The normalized spacial score (nSPS) is 20.3. The van der Waals surface area contributed by atoms with Crippen LogP contribution in [0.15, 0.2) is 48.9 Å². The molecule has 5 rings (SSSR count). The monoisotopic (exact) mass is 478 g/mol. The zero-order valence-electron chi connectivity index (χ0n) is 19.7. The molecule has 1 saturated carbocycles. The number of aromatic nitrogens is 4. The molecule has 1 aliphatic carbocycles. The minimum absolute atomic E-state index is 0.119. The van der Waals surface area contributed by atoms with E-state index in [4.69, 9.17) is 10.5 Å². The second kappa shape index (κ2) is 9.67. The smallest absolute Gasteiger partial charge is 0.229 e. The molecule has 1 aliphatic rings. The number of imidazole rings is 1. The van der Waals surface area contributed by atoms with Gasteiger partial charge in [0.15, 0.2) is 0 Å². The van der Waals surface area contributed by atoms with Crippen LogP contribution >= 0.6 is 0 Å². The number of hydrogen-bond acceptors (Lipinski definition) is 6. The number of hydrogen-bond donors (Lipinski definition) is 2. The van der Waals surface area contributed by atoms with Crippen LogP contribution in [0.1, 0.15) is 43.2 Å². The summed E-state index contributed by atoms with van der Waals surface area (Å²) in [7, 11) is 1.48. The summed E-state index contributed by atoms with van der Waals surface area (Å²) in [4.78, 5) is 8.75. The van der Waals surface area contributed by atoms with Gasteiger partial charge in [0.25, 0.3) is 0 Å². The Labute approximate surface area is 202 Å². The minimum atomic E-state index is -0.698. The average Bonchev–Trinajstić information content (AvgIpc) is 3.21. The number of ether oxygens (including phenoxy) is 1. The number of nitrogens with zero attached hydrogens (tertiary/aromatic N) is 4. The standard InChI is InChI=1S/C26H28F2N6O/c1-15-7-17(11-18(29)8-15)20-5-6-30-13-24(20)32-26-31-12-19-3-4-23(33-34(19)26)25-21(27)9-16(14-35-2)10-22(25)28/h3-6,9-10,12-13,15,17-18H,7-8,11,14,29H2,1-2H3,(H,31,32)/t15-,17+,18-/m0/s1. The van der Waals surface area contributed by atoms with Crippen LogP contribution in [0.3, 0.4) is 0 Å². The van der Waals surface area contributed by atoms with Crippen LogP contribution in [-0.2, 0) is 11.3 Å². The first kappa shape index (κ1) is 23.3. The number of benzene rings is 1. The van der Waals surface area contributed by atoms with Crippen molar-refractivity contribution in [2.24, 2.45) is 11.7 Å². The first-order chi connectivity index (χ1) is 16.9. The maximum absolute atomic E-state index is 14.8. The van der Waals surface area contributed by atoms with Crippen molar-refractivity contribution in [1.29, 1.82) is 0 Å². The summed E-state index contributed by atoms with van der Waals surface area (Å²) in [5.41, 5.74) is 9.32. The van der Waals surface area contributed by atoms with Crippen molar-refractivity contribution >= 4 is 17.2 Å². The fraction of sp³-hybridized carbons (Fsp3) is 0.346. The second-order valence-electron chi connectivity index (χ2n) is 9.36. The van der Waals surface area contributed by atoms with Crippen LogP contribution in [0.25, 0.3) is 16.8 Å². The third kappa shape index (κ3) is 4.74. The highest BCUT2D eigenvalue weighted by molar-refractivity contribution is 5.66. The zero-order chi connectivity index (χ0) is 24.5. The van der Waals surface area contributed by atoms with E-state index in [0.29, 0.717) is 28.9 Å². The number of nitrogens with two attached hydrogens (primary N) is 1. The Morgan fingerprint density at radius 2 is 1.91 bits per heavy atom. The maximum Gasteiger partial charge on any atom is 0.229 e. The van der Waals surface area contributed by atoms with Crippen molar-refractivity contribution in [1.82, 2.24) is 19.6 Å². The lowest BCUT2D eigenvalue weighted by Gasteiger charge is -2.32. The van der Waals surface area contributed by atoms with Gasteiger partial charge in [0.05, 0.1) is 41.5 Å². The van der Waals surface area contributed by atoms with Gasteiger partial charge in [-0.3, -0.25) is 4.98 Å². The van der Waals surface area contributed by atoms with Crippen molar-refractivity contribution in [2.45, 2.75) is 44.8 Å². The Morgan fingerprint density at radius 3 is 2.66 bits per heavy atom. The summed E-state index contributed by atoms with van der Waals surface area (Å²) in [5, 5.41) is 7.84. The molecule has 9 heteroatoms. The molecule has 182 valence electrons. The number of methoxy groups -OCH3 is 1. The lowest BCUT2D eigenvalue weighted by atomic mass is 9.76. The van der Waals surface area contributed by atoms with Crippen molar-refractivity contribution < 1.29 is 13.5 Å². The second-order valence-corrected chi connectivity index (χ2v) is 9.36. The van der Waals surface area contributed by atoms with E-state index in [0.717, 1.165) is 30.5 Å². The van der Waals surface area contributed by atoms with Crippen LogP contribution < -0.4 is 11.1 Å². The topological polar surface area (TPSA) is 90.4 Å². The van der Waals surface area contributed by atoms with Crippen LogP contribution in [-0.4, -0.2) is 32.7 Å². The molecule has 0 aliphatic heterocycles. The number of halogens is 2. The van der Waals surface area contributed by atoms with Gasteiger partial charge in [0, 0.05) is 19.3 Å². The van der Waals surface area contributed by atoms with Crippen LogP contribution in [0.4, 0.5) is 20.4 Å². The Morgan fingerprint density at radius 1 is 1.11 bits per heavy atom. The van der Waals surface area contributed by atoms with Crippen molar-refractivity contribution in [2.75, 3.05) is 12.4 Å². The van der Waals surface area contributed by atoms with Gasteiger partial charge < -0.3 is 15.8 Å². The summed E-state index contributed by atoms with van der Waals surface area (Å²) in [6.45, 7) is 2.35. The molecule has 4 aromatic rings. The fourth-order valence-electron chi connectivity index (χ4n) is 5.12. The highest BCUT2D eigenvalue weighted by atomic mass is 19.1. The lowest BCUT2D eigenvalue weighted by molar-refractivity contribution is 0.184. The number of pyridine rings is 1. The molecule has 0 bridgehead atoms. The van der Waals surface area contributed by atoms with Crippen molar-refractivity contribution in [3.8, 4) is 11.3 Å². The summed E-state index contributed by atoms with van der Waals surface area (Å²) in [5.74, 6) is -0.114. The first-order valence-corrected chi connectivity index (χ1v) is 11.7. The van der Waals surface area contributed by atoms with E-state index in [2.05, 4.69) is 27.3 Å². The minimum Gasteiger partial charge on any atom is -0.380 e. The average molecular weight is 479 g/mol. The van der Waals surface area contributed by atoms with Crippen LogP contribution in [0.5, 0.6) is 0 Å². The summed E-state index contributed by atoms with van der Waals surface area (Å²) in [6, 6.07) is 8.02. The van der Waals surface area contributed by atoms with Gasteiger partial charge >= 0.3 is 0 Å².